The lowest BCUT2D eigenvalue weighted by atomic mass is 9.87. The van der Waals surface area contributed by atoms with Gasteiger partial charge in [-0.15, -0.1) is 0 Å². The summed E-state index contributed by atoms with van der Waals surface area (Å²) >= 11 is 0. The van der Waals surface area contributed by atoms with Crippen molar-refractivity contribution in [3.05, 3.63) is 12.7 Å². The molecule has 0 aromatic rings. The van der Waals surface area contributed by atoms with Crippen LogP contribution in [0.2, 0.25) is 0 Å². The fourth-order valence-corrected chi connectivity index (χ4v) is 2.66. The van der Waals surface area contributed by atoms with Gasteiger partial charge in [0.25, 0.3) is 0 Å². The van der Waals surface area contributed by atoms with Crippen molar-refractivity contribution in [3.8, 4) is 0 Å². The van der Waals surface area contributed by atoms with Crippen LogP contribution in [0.3, 0.4) is 0 Å². The van der Waals surface area contributed by atoms with Crippen LogP contribution in [0.5, 0.6) is 0 Å². The SMILES string of the molecule is C=CC(=O)OC(CC)(CCCCC)CCCCCCC. The van der Waals surface area contributed by atoms with E-state index in [1.54, 1.807) is 0 Å². The van der Waals surface area contributed by atoms with E-state index < -0.39 is 0 Å². The molecule has 1 atom stereocenters. The summed E-state index contributed by atoms with van der Waals surface area (Å²) in [5.41, 5.74) is -0.257. The summed E-state index contributed by atoms with van der Waals surface area (Å²) in [6.45, 7) is 10.1. The fraction of sp³-hybridized carbons (Fsp3) is 0.833. The molecule has 0 spiro atoms. The molecule has 1 unspecified atom stereocenters. The number of carbonyl (C=O) groups excluding carboxylic acids is 1. The number of esters is 1. The van der Waals surface area contributed by atoms with E-state index in [2.05, 4.69) is 27.4 Å². The van der Waals surface area contributed by atoms with Crippen molar-refractivity contribution in [2.45, 2.75) is 97.0 Å². The first-order valence-corrected chi connectivity index (χ1v) is 8.49. The summed E-state index contributed by atoms with van der Waals surface area (Å²) in [5.74, 6) is -0.267. The zero-order valence-corrected chi connectivity index (χ0v) is 13.9. The monoisotopic (exact) mass is 282 g/mol. The highest BCUT2D eigenvalue weighted by molar-refractivity contribution is 5.81. The molecule has 0 fully saturated rings. The Bertz CT molecular complexity index is 260. The average Bonchev–Trinajstić information content (AvgIpc) is 2.46. The minimum atomic E-state index is -0.267. The molecule has 0 rings (SSSR count). The van der Waals surface area contributed by atoms with Gasteiger partial charge < -0.3 is 4.74 Å². The molecule has 2 nitrogen and oxygen atoms in total. The highest BCUT2D eigenvalue weighted by Crippen LogP contribution is 2.30. The number of ether oxygens (including phenoxy) is 1. The van der Waals surface area contributed by atoms with Gasteiger partial charge in [-0.25, -0.2) is 4.79 Å². The van der Waals surface area contributed by atoms with Crippen LogP contribution >= 0.6 is 0 Å². The minimum absolute atomic E-state index is 0.257. The molecule has 0 aliphatic carbocycles. The lowest BCUT2D eigenvalue weighted by Gasteiger charge is -2.32. The van der Waals surface area contributed by atoms with Crippen molar-refractivity contribution in [1.29, 1.82) is 0 Å². The quantitative estimate of drug-likeness (QED) is 0.242. The van der Waals surface area contributed by atoms with E-state index in [0.29, 0.717) is 0 Å². The van der Waals surface area contributed by atoms with Crippen LogP contribution in [0, 0.1) is 0 Å². The van der Waals surface area contributed by atoms with E-state index in [1.165, 1.54) is 44.6 Å². The van der Waals surface area contributed by atoms with Crippen molar-refractivity contribution < 1.29 is 9.53 Å². The van der Waals surface area contributed by atoms with Gasteiger partial charge in [0.15, 0.2) is 0 Å². The van der Waals surface area contributed by atoms with E-state index in [-0.39, 0.29) is 11.6 Å². The third-order valence-corrected chi connectivity index (χ3v) is 4.10. The Labute approximate surface area is 126 Å². The molecule has 0 aromatic carbocycles. The second-order valence-corrected chi connectivity index (χ2v) is 5.78. The van der Waals surface area contributed by atoms with Gasteiger partial charge in [-0.05, 0) is 32.1 Å². The molecule has 0 amide bonds. The Morgan fingerprint density at radius 2 is 1.45 bits per heavy atom. The Morgan fingerprint density at radius 1 is 0.950 bits per heavy atom. The highest BCUT2D eigenvalue weighted by Gasteiger charge is 2.30. The van der Waals surface area contributed by atoms with Crippen LogP contribution in [0.15, 0.2) is 12.7 Å². The van der Waals surface area contributed by atoms with Gasteiger partial charge >= 0.3 is 5.97 Å². The van der Waals surface area contributed by atoms with Crippen LogP contribution < -0.4 is 0 Å². The summed E-state index contributed by atoms with van der Waals surface area (Å²) in [4.78, 5) is 11.6. The number of rotatable bonds is 13. The third-order valence-electron chi connectivity index (χ3n) is 4.10. The maximum Gasteiger partial charge on any atom is 0.330 e. The van der Waals surface area contributed by atoms with E-state index in [1.807, 2.05) is 0 Å². The van der Waals surface area contributed by atoms with Gasteiger partial charge in [0.1, 0.15) is 5.60 Å². The van der Waals surface area contributed by atoms with E-state index in [0.717, 1.165) is 32.1 Å². The zero-order chi connectivity index (χ0) is 15.3. The van der Waals surface area contributed by atoms with Gasteiger partial charge in [-0.3, -0.25) is 0 Å². The molecule has 2 heteroatoms. The Morgan fingerprint density at radius 3 is 1.95 bits per heavy atom. The van der Waals surface area contributed by atoms with E-state index >= 15 is 0 Å². The predicted molar refractivity (Wildman–Crippen MR) is 86.8 cm³/mol. The summed E-state index contributed by atoms with van der Waals surface area (Å²) < 4.78 is 5.73. The molecule has 0 saturated carbocycles. The fourth-order valence-electron chi connectivity index (χ4n) is 2.66. The first-order valence-electron chi connectivity index (χ1n) is 8.49. The smallest absolute Gasteiger partial charge is 0.330 e. The van der Waals surface area contributed by atoms with Crippen LogP contribution in [0.4, 0.5) is 0 Å². The Balaban J connectivity index is 4.39. The zero-order valence-electron chi connectivity index (χ0n) is 13.9. The third kappa shape index (κ3) is 8.39. The van der Waals surface area contributed by atoms with Gasteiger partial charge in [-0.2, -0.15) is 0 Å². The second kappa shape index (κ2) is 12.0. The summed E-state index contributed by atoms with van der Waals surface area (Å²) in [6, 6.07) is 0. The van der Waals surface area contributed by atoms with Crippen molar-refractivity contribution in [2.75, 3.05) is 0 Å². The molecule has 0 aliphatic rings. The second-order valence-electron chi connectivity index (χ2n) is 5.78. The molecule has 20 heavy (non-hydrogen) atoms. The normalized spacial score (nSPS) is 13.8. The summed E-state index contributed by atoms with van der Waals surface area (Å²) in [5, 5.41) is 0. The standard InChI is InChI=1S/C18H34O2/c1-5-9-11-12-14-16-18(8-4,15-13-10-6-2)20-17(19)7-3/h7H,3,5-6,8-16H2,1-2,4H3. The van der Waals surface area contributed by atoms with Crippen LogP contribution in [-0.2, 0) is 9.53 Å². The van der Waals surface area contributed by atoms with Crippen molar-refractivity contribution in [3.63, 3.8) is 0 Å². The summed E-state index contributed by atoms with van der Waals surface area (Å²) in [6.07, 6.45) is 14.0. The summed E-state index contributed by atoms with van der Waals surface area (Å²) in [7, 11) is 0. The van der Waals surface area contributed by atoms with Gasteiger partial charge in [0.05, 0.1) is 0 Å². The number of hydrogen-bond donors (Lipinski definition) is 0. The lowest BCUT2D eigenvalue weighted by molar-refractivity contribution is -0.156. The van der Waals surface area contributed by atoms with Gasteiger partial charge in [0, 0.05) is 6.08 Å². The number of hydrogen-bond acceptors (Lipinski definition) is 2. The Kier molecular flexibility index (Phi) is 11.5. The molecule has 118 valence electrons. The topological polar surface area (TPSA) is 26.3 Å². The molecule has 0 N–H and O–H groups in total. The average molecular weight is 282 g/mol. The molecule has 0 radical (unpaired) electrons. The number of carbonyl (C=O) groups is 1. The van der Waals surface area contributed by atoms with Crippen molar-refractivity contribution in [2.24, 2.45) is 0 Å². The predicted octanol–water partition coefficient (Wildman–Crippen LogP) is 5.81. The first-order chi connectivity index (χ1) is 9.64. The maximum atomic E-state index is 11.6. The molecule has 0 saturated heterocycles. The minimum Gasteiger partial charge on any atom is -0.456 e. The molecule has 0 aliphatic heterocycles. The van der Waals surface area contributed by atoms with Gasteiger partial charge in [0.2, 0.25) is 0 Å². The van der Waals surface area contributed by atoms with E-state index in [9.17, 15) is 4.79 Å². The molecule has 0 bridgehead atoms. The van der Waals surface area contributed by atoms with Crippen LogP contribution in [0.1, 0.15) is 91.4 Å². The van der Waals surface area contributed by atoms with Crippen LogP contribution in [0.25, 0.3) is 0 Å². The molecule has 0 aromatic heterocycles. The lowest BCUT2D eigenvalue weighted by Crippen LogP contribution is -2.34. The molecule has 0 heterocycles. The number of unbranched alkanes of at least 4 members (excludes halogenated alkanes) is 6. The largest absolute Gasteiger partial charge is 0.456 e. The molecular weight excluding hydrogens is 248 g/mol. The molecular formula is C18H34O2. The maximum absolute atomic E-state index is 11.6. The van der Waals surface area contributed by atoms with Gasteiger partial charge in [-0.1, -0.05) is 65.9 Å². The first kappa shape index (κ1) is 19.2. The van der Waals surface area contributed by atoms with Crippen molar-refractivity contribution in [1.82, 2.24) is 0 Å². The highest BCUT2D eigenvalue weighted by atomic mass is 16.6. The Hall–Kier alpha value is -0.790. The van der Waals surface area contributed by atoms with Crippen LogP contribution in [-0.4, -0.2) is 11.6 Å². The van der Waals surface area contributed by atoms with E-state index in [4.69, 9.17) is 4.74 Å². The van der Waals surface area contributed by atoms with Crippen molar-refractivity contribution >= 4 is 5.97 Å².